The Kier molecular flexibility index (Phi) is 9.52. The molecule has 0 nitrogen and oxygen atoms in total. The molecule has 0 amide bonds. The van der Waals surface area contributed by atoms with E-state index in [1.807, 2.05) is 0 Å². The van der Waals surface area contributed by atoms with Gasteiger partial charge in [-0.1, -0.05) is 13.1 Å². The topological polar surface area (TPSA) is 0 Å². The molecular formula is C20H22Cl2SiZr. The van der Waals surface area contributed by atoms with Crippen molar-refractivity contribution in [3.63, 3.8) is 0 Å². The maximum absolute atomic E-state index is 2.44. The van der Waals surface area contributed by atoms with E-state index in [-0.39, 0.29) is 24.8 Å². The van der Waals surface area contributed by atoms with Gasteiger partial charge in [-0.2, -0.15) is 0 Å². The molecule has 0 fully saturated rings. The second-order valence-corrected chi connectivity index (χ2v) is 11.1. The van der Waals surface area contributed by atoms with Crippen LogP contribution in [0.15, 0.2) is 60.7 Å². The van der Waals surface area contributed by atoms with Gasteiger partial charge in [0.2, 0.25) is 0 Å². The van der Waals surface area contributed by atoms with E-state index in [1.54, 1.807) is 11.1 Å². The van der Waals surface area contributed by atoms with Gasteiger partial charge in [-0.15, -0.1) is 0 Å². The molecule has 0 radical (unpaired) electrons. The van der Waals surface area contributed by atoms with Crippen LogP contribution < -0.4 is 24.8 Å². The molecule has 2 aliphatic rings. The Balaban J connectivity index is 0.000000539. The molecule has 0 N–H and O–H groups in total. The number of halogens is 2. The third-order valence-corrected chi connectivity index (χ3v) is 8.20. The van der Waals surface area contributed by atoms with Crippen LogP contribution in [-0.2, 0) is 23.2 Å². The Bertz CT molecular complexity index is 653. The van der Waals surface area contributed by atoms with E-state index in [9.17, 15) is 0 Å². The van der Waals surface area contributed by atoms with E-state index in [1.165, 1.54) is 11.1 Å². The molecule has 0 saturated carbocycles. The predicted octanol–water partition coefficient (Wildman–Crippen LogP) is -1.14. The van der Waals surface area contributed by atoms with Crippen LogP contribution in [0.3, 0.4) is 0 Å². The van der Waals surface area contributed by atoms with Crippen molar-refractivity contribution in [2.75, 3.05) is 0 Å². The van der Waals surface area contributed by atoms with Crippen LogP contribution in [0.5, 0.6) is 0 Å². The van der Waals surface area contributed by atoms with Crippen molar-refractivity contribution in [2.24, 2.45) is 0 Å². The van der Waals surface area contributed by atoms with E-state index in [4.69, 9.17) is 0 Å². The molecule has 4 rings (SSSR count). The van der Waals surface area contributed by atoms with Crippen LogP contribution in [0.1, 0.15) is 29.5 Å². The number of hydrogen-bond donors (Lipinski definition) is 0. The van der Waals surface area contributed by atoms with Crippen molar-refractivity contribution in [1.82, 2.24) is 0 Å². The number of hydrogen-bond acceptors (Lipinski definition) is 0. The summed E-state index contributed by atoms with van der Waals surface area (Å²) in [6.45, 7) is 4.53. The molecule has 2 aromatic carbocycles. The van der Waals surface area contributed by atoms with Gasteiger partial charge in [-0.05, 0) is 0 Å². The monoisotopic (exact) mass is 450 g/mol. The van der Waals surface area contributed by atoms with Crippen LogP contribution in [0, 0.1) is 0 Å². The van der Waals surface area contributed by atoms with E-state index in [0.717, 1.165) is 7.25 Å². The molecule has 0 saturated heterocycles. The predicted molar refractivity (Wildman–Crippen MR) is 96.7 cm³/mol. The molecule has 0 bridgehead atoms. The summed E-state index contributed by atoms with van der Waals surface area (Å²) in [6.07, 6.45) is 9.49. The second kappa shape index (κ2) is 10.6. The molecule has 0 aliphatic heterocycles. The van der Waals surface area contributed by atoms with Gasteiger partial charge in [0.25, 0.3) is 0 Å². The molecule has 0 spiro atoms. The molecule has 0 heterocycles. The van der Waals surface area contributed by atoms with Gasteiger partial charge in [0.05, 0.1) is 0 Å². The number of fused-ring (bicyclic) bond motifs is 2. The molecular weight excluding hydrogens is 430 g/mol. The number of benzene rings is 2. The van der Waals surface area contributed by atoms with Crippen molar-refractivity contribution in [2.45, 2.75) is 20.3 Å². The van der Waals surface area contributed by atoms with Gasteiger partial charge in [0.15, 0.2) is 0 Å². The summed E-state index contributed by atoms with van der Waals surface area (Å²) in [5, 5.41) is 0. The zero-order valence-corrected chi connectivity index (χ0v) is 19.4. The van der Waals surface area contributed by atoms with Crippen molar-refractivity contribution >= 4 is 21.7 Å². The Morgan fingerprint density at radius 2 is 1.08 bits per heavy atom. The number of allylic oxidation sites excluding steroid dienone is 2. The molecule has 2 atom stereocenters. The Morgan fingerprint density at radius 3 is 1.50 bits per heavy atom. The minimum atomic E-state index is -0.542. The molecule has 2 unspecified atom stereocenters. The van der Waals surface area contributed by atoms with E-state index in [2.05, 4.69) is 85.9 Å². The molecule has 0 aromatic heterocycles. The largest absolute Gasteiger partial charge is 1.00 e. The third kappa shape index (κ3) is 4.82. The van der Waals surface area contributed by atoms with Gasteiger partial charge >= 0.3 is 126 Å². The zero-order valence-electron chi connectivity index (χ0n) is 14.0. The summed E-state index contributed by atoms with van der Waals surface area (Å²) in [5.41, 5.74) is 5.99. The maximum Gasteiger partial charge on any atom is 0.0135 e. The van der Waals surface area contributed by atoms with Crippen LogP contribution >= 0.6 is 0 Å². The van der Waals surface area contributed by atoms with E-state index < -0.39 is 23.2 Å². The van der Waals surface area contributed by atoms with E-state index >= 15 is 0 Å². The fourth-order valence-electron chi connectivity index (χ4n) is 2.98. The Hall–Kier alpha value is -0.400. The van der Waals surface area contributed by atoms with Crippen LogP contribution in [0.25, 0.3) is 12.2 Å². The minimum absolute atomic E-state index is 0. The van der Waals surface area contributed by atoms with E-state index in [0.29, 0.717) is 9.52 Å². The summed E-state index contributed by atoms with van der Waals surface area (Å²) in [6, 6.07) is 17.7. The number of rotatable bonds is 2. The van der Waals surface area contributed by atoms with Gasteiger partial charge in [-0.25, -0.2) is 0 Å². The summed E-state index contributed by atoms with van der Waals surface area (Å²) >= 11 is -0.542. The quantitative estimate of drug-likeness (QED) is 0.506. The van der Waals surface area contributed by atoms with Crippen molar-refractivity contribution in [3.05, 3.63) is 82.9 Å². The van der Waals surface area contributed by atoms with Gasteiger partial charge < -0.3 is 24.8 Å². The molecule has 4 heteroatoms. The fraction of sp³-hybridized carbons (Fsp3) is 0.200. The van der Waals surface area contributed by atoms with Crippen LogP contribution in [-0.4, -0.2) is 9.52 Å². The standard InChI is InChI=1S/2C9H7.C2H8Si.2ClH.Zr/c2*1-2-5-9-7-3-6-8(9)4-1;1-3-2;;;/h2*1-7H;3H2,1-2H3;2*1H;/q;;;;;+2/p-2. The first-order valence-electron chi connectivity index (χ1n) is 8.13. The normalized spacial score (nSPS) is 18.2. The molecule has 124 valence electrons. The summed E-state index contributed by atoms with van der Waals surface area (Å²) in [7, 11) is 0.417. The summed E-state index contributed by atoms with van der Waals surface area (Å²) in [4.78, 5) is 0. The SMILES string of the molecule is C1=C[CH]([Zr+2][CH]2C=Cc3ccccc32)c2ccccc21.C[SiH2]C.[Cl-].[Cl-]. The average Bonchev–Trinajstić information content (AvgIpc) is 3.14. The summed E-state index contributed by atoms with van der Waals surface area (Å²) < 4.78 is 1.47. The molecule has 2 aliphatic carbocycles. The van der Waals surface area contributed by atoms with Crippen molar-refractivity contribution in [1.29, 1.82) is 0 Å². The summed E-state index contributed by atoms with van der Waals surface area (Å²) in [5.74, 6) is 0. The first kappa shape index (κ1) is 21.6. The van der Waals surface area contributed by atoms with Gasteiger partial charge in [0, 0.05) is 9.52 Å². The Morgan fingerprint density at radius 1 is 0.708 bits per heavy atom. The molecule has 2 aromatic rings. The Labute approximate surface area is 172 Å². The minimum Gasteiger partial charge on any atom is -1.00 e. The molecule has 24 heavy (non-hydrogen) atoms. The van der Waals surface area contributed by atoms with Crippen LogP contribution in [0.4, 0.5) is 0 Å². The van der Waals surface area contributed by atoms with Crippen molar-refractivity contribution in [3.8, 4) is 0 Å². The maximum atomic E-state index is 2.44. The average molecular weight is 453 g/mol. The van der Waals surface area contributed by atoms with Crippen LogP contribution in [0.2, 0.25) is 13.1 Å². The van der Waals surface area contributed by atoms with Gasteiger partial charge in [0.1, 0.15) is 0 Å². The van der Waals surface area contributed by atoms with Gasteiger partial charge in [-0.3, -0.25) is 0 Å². The third-order valence-electron chi connectivity index (χ3n) is 3.96. The first-order chi connectivity index (χ1) is 10.8. The smallest absolute Gasteiger partial charge is 0.0135 e. The first-order valence-corrected chi connectivity index (χ1v) is 13.8. The zero-order chi connectivity index (χ0) is 15.4. The second-order valence-electron chi connectivity index (χ2n) is 5.81. The van der Waals surface area contributed by atoms with Crippen molar-refractivity contribution < 1.29 is 48.0 Å². The fourth-order valence-corrected chi connectivity index (χ4v) is 7.13.